The molecule has 0 unspecified atom stereocenters. The van der Waals surface area contributed by atoms with E-state index in [0.29, 0.717) is 32.9 Å². The molecule has 3 aromatic heterocycles. The second-order valence-electron chi connectivity index (χ2n) is 8.52. The molecule has 0 radical (unpaired) electrons. The van der Waals surface area contributed by atoms with Gasteiger partial charge in [0.2, 0.25) is 5.78 Å². The van der Waals surface area contributed by atoms with Crippen molar-refractivity contribution >= 4 is 39.3 Å². The Labute approximate surface area is 199 Å². The minimum absolute atomic E-state index is 0.0344. The molecule has 0 fully saturated rings. The number of aryl methyl sites for hydroxylation is 4. The van der Waals surface area contributed by atoms with Gasteiger partial charge in [0, 0.05) is 17.0 Å². The SMILES string of the molecule is COC(=O)c1c(C)[nH]c(C(=O)[C@@H](C)OC(=O)CCc2nc3sc4c(c3c(=O)[nH]2)CCCC4)c1C. The molecule has 9 nitrogen and oxygen atoms in total. The summed E-state index contributed by atoms with van der Waals surface area (Å²) in [5.41, 5.74) is 2.40. The van der Waals surface area contributed by atoms with Crippen molar-refractivity contribution in [1.29, 1.82) is 0 Å². The molecule has 0 saturated carbocycles. The fraction of sp³-hybridized carbons (Fsp3) is 0.458. The van der Waals surface area contributed by atoms with E-state index in [9.17, 15) is 19.2 Å². The lowest BCUT2D eigenvalue weighted by molar-refractivity contribution is -0.146. The van der Waals surface area contributed by atoms with E-state index in [2.05, 4.69) is 15.0 Å². The number of H-pyrrole nitrogens is 2. The summed E-state index contributed by atoms with van der Waals surface area (Å²) < 4.78 is 10.1. The number of carbonyl (C=O) groups excluding carboxylic acids is 3. The third-order valence-corrected chi connectivity index (χ3v) is 7.38. The minimum Gasteiger partial charge on any atom is -0.465 e. The molecule has 1 atom stereocenters. The van der Waals surface area contributed by atoms with Crippen LogP contribution in [0.4, 0.5) is 0 Å². The van der Waals surface area contributed by atoms with Crippen molar-refractivity contribution in [3.63, 3.8) is 0 Å². The first kappa shape index (κ1) is 23.9. The van der Waals surface area contributed by atoms with E-state index in [1.807, 2.05) is 0 Å². The number of aromatic nitrogens is 3. The number of carbonyl (C=O) groups is 3. The second-order valence-corrected chi connectivity index (χ2v) is 9.60. The van der Waals surface area contributed by atoms with Gasteiger partial charge in [-0.2, -0.15) is 0 Å². The summed E-state index contributed by atoms with van der Waals surface area (Å²) in [5, 5.41) is 0.674. The first-order chi connectivity index (χ1) is 16.2. The number of ketones is 1. The Morgan fingerprint density at radius 2 is 1.88 bits per heavy atom. The molecule has 0 aliphatic heterocycles. The van der Waals surface area contributed by atoms with E-state index < -0.39 is 23.8 Å². The molecule has 180 valence electrons. The molecule has 3 heterocycles. The van der Waals surface area contributed by atoms with Gasteiger partial charge in [-0.1, -0.05) is 0 Å². The highest BCUT2D eigenvalue weighted by molar-refractivity contribution is 7.18. The Kier molecular flexibility index (Phi) is 6.70. The number of rotatable bonds is 7. The first-order valence-corrected chi connectivity index (χ1v) is 12.1. The van der Waals surface area contributed by atoms with Crippen molar-refractivity contribution in [3.8, 4) is 0 Å². The number of esters is 2. The summed E-state index contributed by atoms with van der Waals surface area (Å²) in [5.74, 6) is -1.14. The summed E-state index contributed by atoms with van der Waals surface area (Å²) >= 11 is 1.55. The number of nitrogens with zero attached hydrogens (tertiary/aromatic N) is 1. The lowest BCUT2D eigenvalue weighted by Crippen LogP contribution is -2.25. The van der Waals surface area contributed by atoms with Crippen molar-refractivity contribution in [2.75, 3.05) is 7.11 Å². The van der Waals surface area contributed by atoms with Gasteiger partial charge in [0.25, 0.3) is 5.56 Å². The van der Waals surface area contributed by atoms with Gasteiger partial charge < -0.3 is 19.4 Å². The normalized spacial score (nSPS) is 14.0. The van der Waals surface area contributed by atoms with Crippen molar-refractivity contribution in [1.82, 2.24) is 15.0 Å². The number of hydrogen-bond donors (Lipinski definition) is 2. The third-order valence-electron chi connectivity index (χ3n) is 6.19. The molecule has 0 amide bonds. The van der Waals surface area contributed by atoms with E-state index in [1.165, 1.54) is 18.9 Å². The Bertz CT molecular complexity index is 1350. The molecule has 4 rings (SSSR count). The van der Waals surface area contributed by atoms with Crippen LogP contribution in [0.25, 0.3) is 10.2 Å². The number of ether oxygens (including phenoxy) is 2. The highest BCUT2D eigenvalue weighted by Gasteiger charge is 2.27. The maximum absolute atomic E-state index is 12.8. The van der Waals surface area contributed by atoms with Crippen LogP contribution in [-0.2, 0) is 33.5 Å². The number of methoxy groups -OCH3 is 1. The second kappa shape index (κ2) is 9.54. The molecule has 0 bridgehead atoms. The predicted molar refractivity (Wildman–Crippen MR) is 127 cm³/mol. The van der Waals surface area contributed by atoms with Crippen molar-refractivity contribution in [3.05, 3.63) is 49.1 Å². The Morgan fingerprint density at radius 1 is 1.15 bits per heavy atom. The van der Waals surface area contributed by atoms with Gasteiger partial charge >= 0.3 is 11.9 Å². The van der Waals surface area contributed by atoms with Crippen LogP contribution < -0.4 is 5.56 Å². The largest absolute Gasteiger partial charge is 0.465 e. The molecular formula is C24H27N3O6S. The zero-order chi connectivity index (χ0) is 24.6. The molecule has 0 aromatic carbocycles. The maximum atomic E-state index is 12.8. The summed E-state index contributed by atoms with van der Waals surface area (Å²) in [6.07, 6.45) is 3.19. The van der Waals surface area contributed by atoms with Crippen LogP contribution in [0.3, 0.4) is 0 Å². The fourth-order valence-corrected chi connectivity index (χ4v) is 5.75. The van der Waals surface area contributed by atoms with Crippen LogP contribution >= 0.6 is 11.3 Å². The van der Waals surface area contributed by atoms with Crippen LogP contribution in [-0.4, -0.2) is 45.9 Å². The smallest absolute Gasteiger partial charge is 0.339 e. The summed E-state index contributed by atoms with van der Waals surface area (Å²) in [4.78, 5) is 62.0. The molecule has 0 spiro atoms. The maximum Gasteiger partial charge on any atom is 0.339 e. The number of nitrogens with one attached hydrogen (secondary N) is 2. The van der Waals surface area contributed by atoms with Crippen LogP contribution in [0.15, 0.2) is 4.79 Å². The summed E-state index contributed by atoms with van der Waals surface area (Å²) in [6, 6.07) is 0. The molecule has 1 aliphatic rings. The van der Waals surface area contributed by atoms with Crippen molar-refractivity contribution in [2.45, 2.75) is 65.4 Å². The van der Waals surface area contributed by atoms with Gasteiger partial charge in [-0.15, -0.1) is 11.3 Å². The molecular weight excluding hydrogens is 458 g/mol. The molecule has 0 saturated heterocycles. The Hall–Kier alpha value is -3.27. The van der Waals surface area contributed by atoms with Crippen molar-refractivity contribution < 1.29 is 23.9 Å². The monoisotopic (exact) mass is 485 g/mol. The van der Waals surface area contributed by atoms with Gasteiger partial charge in [-0.05, 0) is 57.6 Å². The lowest BCUT2D eigenvalue weighted by Gasteiger charge is -2.12. The molecule has 10 heteroatoms. The van der Waals surface area contributed by atoms with Crippen LogP contribution in [0.1, 0.15) is 74.6 Å². The van der Waals surface area contributed by atoms with Gasteiger partial charge in [0.15, 0.2) is 6.10 Å². The number of aromatic amines is 2. The van der Waals surface area contributed by atoms with Gasteiger partial charge in [-0.25, -0.2) is 9.78 Å². The van der Waals surface area contributed by atoms with E-state index >= 15 is 0 Å². The average molecular weight is 486 g/mol. The molecule has 2 N–H and O–H groups in total. The van der Waals surface area contributed by atoms with E-state index in [4.69, 9.17) is 9.47 Å². The highest BCUT2D eigenvalue weighted by Crippen LogP contribution is 2.33. The highest BCUT2D eigenvalue weighted by atomic mass is 32.1. The summed E-state index contributed by atoms with van der Waals surface area (Å²) in [7, 11) is 1.27. The van der Waals surface area contributed by atoms with Gasteiger partial charge in [0.1, 0.15) is 10.7 Å². The zero-order valence-electron chi connectivity index (χ0n) is 19.6. The van der Waals surface area contributed by atoms with E-state index in [0.717, 1.165) is 31.2 Å². The summed E-state index contributed by atoms with van der Waals surface area (Å²) in [6.45, 7) is 4.79. The standard InChI is InChI=1S/C24H27N3O6S/c1-11-18(24(31)32-4)12(2)25-20(11)21(29)13(3)33-17(28)10-9-16-26-22(30)19-14-7-5-6-8-15(14)34-23(19)27-16/h13,25H,5-10H2,1-4H3,(H,26,27,30)/t13-/m1/s1. The quantitative estimate of drug-likeness (QED) is 0.387. The molecule has 1 aliphatic carbocycles. The van der Waals surface area contributed by atoms with Crippen LogP contribution in [0.2, 0.25) is 0 Å². The zero-order valence-corrected chi connectivity index (χ0v) is 20.4. The number of thiophene rings is 1. The lowest BCUT2D eigenvalue weighted by atomic mass is 9.97. The average Bonchev–Trinajstić information content (AvgIpc) is 3.33. The number of hydrogen-bond acceptors (Lipinski definition) is 8. The Balaban J connectivity index is 1.41. The van der Waals surface area contributed by atoms with Gasteiger partial charge in [0.05, 0.1) is 30.2 Å². The van der Waals surface area contributed by atoms with Crippen LogP contribution in [0, 0.1) is 13.8 Å². The van der Waals surface area contributed by atoms with Gasteiger partial charge in [-0.3, -0.25) is 14.4 Å². The van der Waals surface area contributed by atoms with E-state index in [-0.39, 0.29) is 24.1 Å². The van der Waals surface area contributed by atoms with Crippen molar-refractivity contribution in [2.24, 2.45) is 0 Å². The minimum atomic E-state index is -1.05. The van der Waals surface area contributed by atoms with E-state index in [1.54, 1.807) is 25.2 Å². The first-order valence-electron chi connectivity index (χ1n) is 11.3. The molecule has 34 heavy (non-hydrogen) atoms. The predicted octanol–water partition coefficient (Wildman–Crippen LogP) is 3.34. The molecule has 3 aromatic rings. The third kappa shape index (κ3) is 4.42. The van der Waals surface area contributed by atoms with Crippen LogP contribution in [0.5, 0.6) is 0 Å². The number of Topliss-reactive ketones (excluding diaryl/α,β-unsaturated/α-hetero) is 1. The number of fused-ring (bicyclic) bond motifs is 3. The topological polar surface area (TPSA) is 131 Å². The fourth-order valence-electron chi connectivity index (χ4n) is 4.46. The Morgan fingerprint density at radius 3 is 2.62 bits per heavy atom.